The average molecular weight is 263 g/mol. The van der Waals surface area contributed by atoms with Crippen LogP contribution in [0.15, 0.2) is 0 Å². The minimum Gasteiger partial charge on any atom is -0.378 e. The Bertz CT molecular complexity index is 196. The van der Waals surface area contributed by atoms with Crippen LogP contribution in [0.25, 0.3) is 0 Å². The maximum Gasteiger partial charge on any atom is 0.0588 e. The first-order valence-corrected chi connectivity index (χ1v) is 6.92. The Morgan fingerprint density at radius 3 is 2.76 bits per heavy atom. The van der Waals surface area contributed by atoms with E-state index in [1.54, 1.807) is 0 Å². The van der Waals surface area contributed by atoms with Crippen molar-refractivity contribution in [3.05, 3.63) is 0 Å². The highest BCUT2D eigenvalue weighted by molar-refractivity contribution is 5.85. The second-order valence-electron chi connectivity index (χ2n) is 5.31. The van der Waals surface area contributed by atoms with E-state index in [0.717, 1.165) is 19.1 Å². The lowest BCUT2D eigenvalue weighted by Gasteiger charge is -2.33. The standard InChI is InChI=1S/C13H26N2O.ClH/c14-7-5-12-3-1-8-15(11-12)9-6-13-4-2-10-16-13;/h12-13H,1-11,14H2;1H. The molecule has 2 atom stereocenters. The Labute approximate surface area is 111 Å². The van der Waals surface area contributed by atoms with Crippen molar-refractivity contribution in [2.24, 2.45) is 11.7 Å². The summed E-state index contributed by atoms with van der Waals surface area (Å²) in [4.78, 5) is 2.62. The van der Waals surface area contributed by atoms with Gasteiger partial charge in [-0.05, 0) is 57.5 Å². The average Bonchev–Trinajstić information content (AvgIpc) is 2.80. The van der Waals surface area contributed by atoms with Gasteiger partial charge >= 0.3 is 0 Å². The molecule has 0 saturated carbocycles. The molecule has 0 aromatic heterocycles. The van der Waals surface area contributed by atoms with Gasteiger partial charge in [0.2, 0.25) is 0 Å². The molecule has 0 aromatic carbocycles. The van der Waals surface area contributed by atoms with Crippen LogP contribution in [0, 0.1) is 5.92 Å². The molecule has 0 aromatic rings. The molecule has 2 aliphatic rings. The topological polar surface area (TPSA) is 38.5 Å². The van der Waals surface area contributed by atoms with Gasteiger partial charge in [0.1, 0.15) is 0 Å². The quantitative estimate of drug-likeness (QED) is 0.824. The summed E-state index contributed by atoms with van der Waals surface area (Å²) in [7, 11) is 0. The van der Waals surface area contributed by atoms with Crippen LogP contribution in [0.1, 0.15) is 38.5 Å². The van der Waals surface area contributed by atoms with E-state index >= 15 is 0 Å². The van der Waals surface area contributed by atoms with Gasteiger partial charge in [-0.1, -0.05) is 0 Å². The van der Waals surface area contributed by atoms with Crippen LogP contribution in [0.3, 0.4) is 0 Å². The van der Waals surface area contributed by atoms with E-state index in [1.807, 2.05) is 0 Å². The molecule has 2 rings (SSSR count). The fourth-order valence-electron chi connectivity index (χ4n) is 3.02. The third-order valence-corrected chi connectivity index (χ3v) is 3.97. The van der Waals surface area contributed by atoms with Gasteiger partial charge < -0.3 is 15.4 Å². The van der Waals surface area contributed by atoms with Crippen LogP contribution in [-0.4, -0.2) is 43.8 Å². The summed E-state index contributed by atoms with van der Waals surface area (Å²) in [5, 5.41) is 0. The lowest BCUT2D eigenvalue weighted by Crippen LogP contribution is -2.37. The van der Waals surface area contributed by atoms with E-state index in [-0.39, 0.29) is 12.4 Å². The number of hydrogen-bond acceptors (Lipinski definition) is 3. The molecule has 102 valence electrons. The summed E-state index contributed by atoms with van der Waals surface area (Å²) in [6.07, 6.45) is 8.27. The first-order chi connectivity index (χ1) is 7.88. The molecular formula is C13H27ClN2O. The Balaban J connectivity index is 0.00000144. The zero-order valence-corrected chi connectivity index (χ0v) is 11.6. The zero-order valence-electron chi connectivity index (χ0n) is 10.8. The summed E-state index contributed by atoms with van der Waals surface area (Å²) in [6.45, 7) is 5.62. The molecule has 2 unspecified atom stereocenters. The van der Waals surface area contributed by atoms with Crippen molar-refractivity contribution in [3.8, 4) is 0 Å². The number of likely N-dealkylation sites (tertiary alicyclic amines) is 1. The van der Waals surface area contributed by atoms with Gasteiger partial charge in [-0.25, -0.2) is 0 Å². The molecule has 2 saturated heterocycles. The van der Waals surface area contributed by atoms with Gasteiger partial charge in [0.15, 0.2) is 0 Å². The fraction of sp³-hybridized carbons (Fsp3) is 1.00. The number of hydrogen-bond donors (Lipinski definition) is 1. The number of piperidine rings is 1. The summed E-state index contributed by atoms with van der Waals surface area (Å²) in [5.74, 6) is 0.850. The lowest BCUT2D eigenvalue weighted by atomic mass is 9.94. The molecule has 2 aliphatic heterocycles. The van der Waals surface area contributed by atoms with Crippen LogP contribution in [0.2, 0.25) is 0 Å². The molecule has 0 aliphatic carbocycles. The Morgan fingerprint density at radius 2 is 2.06 bits per heavy atom. The molecule has 3 nitrogen and oxygen atoms in total. The van der Waals surface area contributed by atoms with E-state index in [1.165, 1.54) is 58.2 Å². The number of ether oxygens (including phenoxy) is 1. The predicted molar refractivity (Wildman–Crippen MR) is 73.7 cm³/mol. The molecule has 0 bridgehead atoms. The maximum atomic E-state index is 5.67. The van der Waals surface area contributed by atoms with Gasteiger partial charge in [-0.3, -0.25) is 0 Å². The SMILES string of the molecule is Cl.NCCC1CCCN(CCC2CCCO2)C1. The van der Waals surface area contributed by atoms with Gasteiger partial charge in [-0.2, -0.15) is 0 Å². The molecule has 4 heteroatoms. The van der Waals surface area contributed by atoms with E-state index in [0.29, 0.717) is 6.10 Å². The molecule has 2 N–H and O–H groups in total. The maximum absolute atomic E-state index is 5.67. The Hall–Kier alpha value is 0.170. The predicted octanol–water partition coefficient (Wildman–Crippen LogP) is 2.04. The molecule has 2 fully saturated rings. The fourth-order valence-corrected chi connectivity index (χ4v) is 3.02. The van der Waals surface area contributed by atoms with Crippen molar-refractivity contribution >= 4 is 12.4 Å². The van der Waals surface area contributed by atoms with Gasteiger partial charge in [0.05, 0.1) is 6.10 Å². The van der Waals surface area contributed by atoms with E-state index in [4.69, 9.17) is 10.5 Å². The van der Waals surface area contributed by atoms with Gasteiger partial charge in [-0.15, -0.1) is 12.4 Å². The van der Waals surface area contributed by atoms with Crippen molar-refractivity contribution < 1.29 is 4.74 Å². The minimum absolute atomic E-state index is 0. The van der Waals surface area contributed by atoms with E-state index in [9.17, 15) is 0 Å². The van der Waals surface area contributed by atoms with Crippen LogP contribution < -0.4 is 5.73 Å². The molecule has 0 radical (unpaired) electrons. The zero-order chi connectivity index (χ0) is 11.2. The molecule has 2 heterocycles. The number of halogens is 1. The van der Waals surface area contributed by atoms with Crippen molar-refractivity contribution in [2.75, 3.05) is 32.8 Å². The second-order valence-corrected chi connectivity index (χ2v) is 5.31. The summed E-state index contributed by atoms with van der Waals surface area (Å²) < 4.78 is 5.67. The molecular weight excluding hydrogens is 236 g/mol. The van der Waals surface area contributed by atoms with E-state index < -0.39 is 0 Å². The Kier molecular flexibility index (Phi) is 7.44. The molecule has 0 amide bonds. The van der Waals surface area contributed by atoms with Crippen LogP contribution >= 0.6 is 12.4 Å². The van der Waals surface area contributed by atoms with Crippen molar-refractivity contribution in [3.63, 3.8) is 0 Å². The van der Waals surface area contributed by atoms with Gasteiger partial charge in [0, 0.05) is 19.7 Å². The minimum atomic E-state index is 0. The van der Waals surface area contributed by atoms with Crippen molar-refractivity contribution in [1.29, 1.82) is 0 Å². The van der Waals surface area contributed by atoms with E-state index in [2.05, 4.69) is 4.90 Å². The lowest BCUT2D eigenvalue weighted by molar-refractivity contribution is 0.0826. The summed E-state index contributed by atoms with van der Waals surface area (Å²) in [5.41, 5.74) is 5.64. The van der Waals surface area contributed by atoms with Crippen LogP contribution in [0.5, 0.6) is 0 Å². The van der Waals surface area contributed by atoms with Gasteiger partial charge in [0.25, 0.3) is 0 Å². The second kappa shape index (κ2) is 8.30. The van der Waals surface area contributed by atoms with Crippen molar-refractivity contribution in [1.82, 2.24) is 4.90 Å². The summed E-state index contributed by atoms with van der Waals surface area (Å²) >= 11 is 0. The normalized spacial score (nSPS) is 30.2. The van der Waals surface area contributed by atoms with Crippen LogP contribution in [0.4, 0.5) is 0 Å². The molecule has 0 spiro atoms. The number of rotatable bonds is 5. The number of nitrogens with two attached hydrogens (primary N) is 1. The Morgan fingerprint density at radius 1 is 1.18 bits per heavy atom. The third kappa shape index (κ3) is 5.12. The number of nitrogens with zero attached hydrogens (tertiary/aromatic N) is 1. The third-order valence-electron chi connectivity index (χ3n) is 3.97. The summed E-state index contributed by atoms with van der Waals surface area (Å²) in [6, 6.07) is 0. The monoisotopic (exact) mass is 262 g/mol. The van der Waals surface area contributed by atoms with Crippen molar-refractivity contribution in [2.45, 2.75) is 44.6 Å². The largest absolute Gasteiger partial charge is 0.378 e. The smallest absolute Gasteiger partial charge is 0.0588 e. The first-order valence-electron chi connectivity index (χ1n) is 6.92. The highest BCUT2D eigenvalue weighted by Gasteiger charge is 2.21. The highest BCUT2D eigenvalue weighted by atomic mass is 35.5. The van der Waals surface area contributed by atoms with Crippen LogP contribution in [-0.2, 0) is 4.74 Å². The molecule has 17 heavy (non-hydrogen) atoms. The highest BCUT2D eigenvalue weighted by Crippen LogP contribution is 2.21. The first kappa shape index (κ1) is 15.2.